The number of halogens is 2. The number of nitrogens with two attached hydrogens (primary N) is 1. The molecule has 0 aromatic heterocycles. The van der Waals surface area contributed by atoms with Gasteiger partial charge in [-0.1, -0.05) is 47.5 Å². The van der Waals surface area contributed by atoms with Crippen molar-refractivity contribution in [1.29, 1.82) is 0 Å². The van der Waals surface area contributed by atoms with Gasteiger partial charge in [0.15, 0.2) is 5.60 Å². The van der Waals surface area contributed by atoms with Crippen LogP contribution in [0.4, 0.5) is 0 Å². The van der Waals surface area contributed by atoms with Crippen LogP contribution < -0.4 is 5.73 Å². The maximum absolute atomic E-state index is 11.9. The van der Waals surface area contributed by atoms with E-state index in [1.807, 2.05) is 0 Å². The Morgan fingerprint density at radius 2 is 1.48 bits per heavy atom. The number of carbonyl (C=O) groups is 1. The Kier molecular flexibility index (Phi) is 4.79. The van der Waals surface area contributed by atoms with Crippen LogP contribution >= 0.6 is 23.2 Å². The smallest absolute Gasteiger partial charge is 0.226 e. The lowest BCUT2D eigenvalue weighted by Gasteiger charge is -2.45. The van der Waals surface area contributed by atoms with Crippen molar-refractivity contribution in [1.82, 2.24) is 0 Å². The molecule has 0 aliphatic carbocycles. The van der Waals surface area contributed by atoms with E-state index in [0.717, 1.165) is 0 Å². The van der Waals surface area contributed by atoms with E-state index >= 15 is 0 Å². The van der Waals surface area contributed by atoms with Gasteiger partial charge in [0, 0.05) is 16.5 Å². The fraction of sp³-hybridized carbons (Fsp3) is 0.278. The predicted octanol–water partition coefficient (Wildman–Crippen LogP) is 3.40. The number of aliphatic hydroxyl groups is 1. The molecule has 1 aliphatic rings. The van der Waals surface area contributed by atoms with Crippen LogP contribution in [0.5, 0.6) is 0 Å². The van der Waals surface area contributed by atoms with Crippen LogP contribution in [0.15, 0.2) is 48.5 Å². The molecule has 0 radical (unpaired) electrons. The van der Waals surface area contributed by atoms with Crippen LogP contribution in [0, 0.1) is 5.92 Å². The van der Waals surface area contributed by atoms with Gasteiger partial charge in [-0.05, 0) is 42.3 Å². The lowest BCUT2D eigenvalue weighted by molar-refractivity contribution is -0.487. The second kappa shape index (κ2) is 6.59. The van der Waals surface area contributed by atoms with Crippen LogP contribution in [0.2, 0.25) is 10.0 Å². The summed E-state index contributed by atoms with van der Waals surface area (Å²) in [7, 11) is 0. The Morgan fingerprint density at radius 1 is 1.04 bits per heavy atom. The molecule has 5 nitrogen and oxygen atoms in total. The molecule has 0 bridgehead atoms. The van der Waals surface area contributed by atoms with Gasteiger partial charge in [-0.3, -0.25) is 4.79 Å². The van der Waals surface area contributed by atoms with E-state index in [1.54, 1.807) is 48.5 Å². The Labute approximate surface area is 155 Å². The predicted molar refractivity (Wildman–Crippen MR) is 93.8 cm³/mol. The van der Waals surface area contributed by atoms with E-state index in [4.69, 9.17) is 38.7 Å². The molecule has 25 heavy (non-hydrogen) atoms. The van der Waals surface area contributed by atoms with Gasteiger partial charge in [0.05, 0.1) is 5.92 Å². The second-order valence-corrected chi connectivity index (χ2v) is 7.09. The summed E-state index contributed by atoms with van der Waals surface area (Å²) in [6, 6.07) is 14.0. The molecule has 1 fully saturated rings. The van der Waals surface area contributed by atoms with E-state index in [9.17, 15) is 9.90 Å². The highest BCUT2D eigenvalue weighted by Crippen LogP contribution is 2.47. The van der Waals surface area contributed by atoms with Crippen LogP contribution in [0.3, 0.4) is 0 Å². The summed E-state index contributed by atoms with van der Waals surface area (Å²) in [6.07, 6.45) is 0.0958. The zero-order valence-electron chi connectivity index (χ0n) is 13.4. The Morgan fingerprint density at radius 3 is 1.88 bits per heavy atom. The molecule has 3 N–H and O–H groups in total. The summed E-state index contributed by atoms with van der Waals surface area (Å²) >= 11 is 12.0. The number of primary amides is 1. The number of carbonyl (C=O) groups excluding carboxylic acids is 1. The summed E-state index contributed by atoms with van der Waals surface area (Å²) in [5.74, 6) is -3.48. The lowest BCUT2D eigenvalue weighted by Crippen LogP contribution is -2.54. The molecular weight excluding hydrogens is 365 g/mol. The summed E-state index contributed by atoms with van der Waals surface area (Å²) in [4.78, 5) is 22.8. The molecule has 7 heteroatoms. The van der Waals surface area contributed by atoms with Crippen molar-refractivity contribution in [3.63, 3.8) is 0 Å². The molecule has 2 atom stereocenters. The Balaban J connectivity index is 2.14. The molecule has 2 aromatic rings. The SMILES string of the molecule is CC1(O)OOC(c2ccc(Cl)cc2)(c2ccc(Cl)cc2)CC1C(N)=O. The molecule has 3 rings (SSSR count). The minimum atomic E-state index is -1.83. The van der Waals surface area contributed by atoms with E-state index in [-0.39, 0.29) is 6.42 Å². The maximum atomic E-state index is 11.9. The van der Waals surface area contributed by atoms with Crippen molar-refractivity contribution >= 4 is 29.1 Å². The highest BCUT2D eigenvalue weighted by Gasteiger charge is 2.53. The molecule has 2 aromatic carbocycles. The van der Waals surface area contributed by atoms with Crippen molar-refractivity contribution in [3.8, 4) is 0 Å². The van der Waals surface area contributed by atoms with E-state index < -0.39 is 23.2 Å². The standard InChI is InChI=1S/C18H17Cl2NO4/c1-17(23)15(16(21)22)10-18(25-24-17,11-2-6-13(19)7-3-11)12-4-8-14(20)9-5-12/h2-9,15,23H,10H2,1H3,(H2,21,22). The van der Waals surface area contributed by atoms with Crippen molar-refractivity contribution < 1.29 is 19.7 Å². The second-order valence-electron chi connectivity index (χ2n) is 6.22. The fourth-order valence-corrected chi connectivity index (χ4v) is 3.28. The largest absolute Gasteiger partial charge is 0.369 e. The fourth-order valence-electron chi connectivity index (χ4n) is 3.03. The van der Waals surface area contributed by atoms with Crippen LogP contribution in [-0.2, 0) is 20.2 Å². The molecule has 1 amide bonds. The first-order chi connectivity index (χ1) is 11.7. The number of amides is 1. The van der Waals surface area contributed by atoms with Crippen molar-refractivity contribution in [3.05, 3.63) is 69.7 Å². The lowest BCUT2D eigenvalue weighted by atomic mass is 9.76. The monoisotopic (exact) mass is 381 g/mol. The third-order valence-electron chi connectivity index (χ3n) is 4.46. The van der Waals surface area contributed by atoms with E-state index in [1.165, 1.54) is 6.92 Å². The molecule has 132 valence electrons. The van der Waals surface area contributed by atoms with Gasteiger partial charge in [-0.2, -0.15) is 4.89 Å². The average molecular weight is 382 g/mol. The molecule has 1 heterocycles. The summed E-state index contributed by atoms with van der Waals surface area (Å²) < 4.78 is 0. The van der Waals surface area contributed by atoms with Crippen LogP contribution in [-0.4, -0.2) is 16.8 Å². The summed E-state index contributed by atoms with van der Waals surface area (Å²) in [5.41, 5.74) is 5.77. The van der Waals surface area contributed by atoms with Gasteiger partial charge >= 0.3 is 0 Å². The summed E-state index contributed by atoms with van der Waals surface area (Å²) in [5, 5.41) is 11.4. The first kappa shape index (κ1) is 18.2. The molecule has 0 saturated carbocycles. The van der Waals surface area contributed by atoms with Gasteiger partial charge in [-0.15, -0.1) is 0 Å². The third-order valence-corrected chi connectivity index (χ3v) is 4.96. The van der Waals surface area contributed by atoms with E-state index in [0.29, 0.717) is 21.2 Å². The van der Waals surface area contributed by atoms with Crippen molar-refractivity contribution in [2.75, 3.05) is 0 Å². The molecule has 0 spiro atoms. The minimum Gasteiger partial charge on any atom is -0.369 e. The number of benzene rings is 2. The van der Waals surface area contributed by atoms with Gasteiger partial charge in [0.1, 0.15) is 0 Å². The number of hydrogen-bond acceptors (Lipinski definition) is 4. The van der Waals surface area contributed by atoms with Crippen LogP contribution in [0.1, 0.15) is 24.5 Å². The summed E-state index contributed by atoms with van der Waals surface area (Å²) in [6.45, 7) is 1.34. The maximum Gasteiger partial charge on any atom is 0.226 e. The quantitative estimate of drug-likeness (QED) is 0.798. The average Bonchev–Trinajstić information content (AvgIpc) is 2.56. The Hall–Kier alpha value is -1.63. The highest BCUT2D eigenvalue weighted by atomic mass is 35.5. The molecular formula is C18H17Cl2NO4. The van der Waals surface area contributed by atoms with Gasteiger partial charge in [0.25, 0.3) is 0 Å². The normalized spacial score (nSPS) is 25.5. The molecule has 1 aliphatic heterocycles. The van der Waals surface area contributed by atoms with Gasteiger partial charge < -0.3 is 10.8 Å². The molecule has 1 saturated heterocycles. The van der Waals surface area contributed by atoms with Crippen molar-refractivity contribution in [2.24, 2.45) is 11.7 Å². The van der Waals surface area contributed by atoms with Gasteiger partial charge in [0.2, 0.25) is 11.7 Å². The minimum absolute atomic E-state index is 0.0958. The van der Waals surface area contributed by atoms with E-state index in [2.05, 4.69) is 0 Å². The zero-order valence-corrected chi connectivity index (χ0v) is 14.9. The van der Waals surface area contributed by atoms with Gasteiger partial charge in [-0.25, -0.2) is 4.89 Å². The van der Waals surface area contributed by atoms with Crippen molar-refractivity contribution in [2.45, 2.75) is 24.7 Å². The Bertz CT molecular complexity index is 729. The number of rotatable bonds is 3. The molecule has 2 unspecified atom stereocenters. The third kappa shape index (κ3) is 3.38. The first-order valence-electron chi connectivity index (χ1n) is 7.65. The topological polar surface area (TPSA) is 81.8 Å². The highest BCUT2D eigenvalue weighted by molar-refractivity contribution is 6.30. The first-order valence-corrected chi connectivity index (χ1v) is 8.41. The number of hydrogen-bond donors (Lipinski definition) is 2. The van der Waals surface area contributed by atoms with Crippen LogP contribution in [0.25, 0.3) is 0 Å². The zero-order chi connectivity index (χ0) is 18.2.